The van der Waals surface area contributed by atoms with Gasteiger partial charge in [0.05, 0.1) is 33.2 Å². The Bertz CT molecular complexity index is 1090. The molecule has 3 aromatic rings. The fraction of sp³-hybridized carbons (Fsp3) is 0.125. The van der Waals surface area contributed by atoms with Crippen LogP contribution in [0.25, 0.3) is 0 Å². The number of nitrogens with zero attached hydrogens (tertiary/aromatic N) is 4. The molecule has 0 spiro atoms. The van der Waals surface area contributed by atoms with Gasteiger partial charge in [-0.25, -0.2) is 0 Å². The molecule has 144 valence electrons. The van der Waals surface area contributed by atoms with Crippen LogP contribution in [0.5, 0.6) is 0 Å². The highest BCUT2D eigenvalue weighted by atomic mass is 35.5. The Balaban J connectivity index is 1.76. The van der Waals surface area contributed by atoms with E-state index >= 15 is 0 Å². The smallest absolute Gasteiger partial charge is 0.358 e. The number of halogens is 1. The number of carbonyl (C=O) groups is 1. The Morgan fingerprint density at radius 3 is 2.64 bits per heavy atom. The van der Waals surface area contributed by atoms with Gasteiger partial charge in [0.2, 0.25) is 0 Å². The SMILES string of the molecule is Cc1cc([N+](=O)[O-])nn1Cc1csc(C(=O)Nc2ccc(Cl)cc2[N+](=O)[O-])c1. The zero-order valence-electron chi connectivity index (χ0n) is 14.3. The molecule has 2 heterocycles. The summed E-state index contributed by atoms with van der Waals surface area (Å²) in [5.41, 5.74) is 1.06. The van der Waals surface area contributed by atoms with Gasteiger partial charge < -0.3 is 15.4 Å². The molecule has 0 saturated heterocycles. The van der Waals surface area contributed by atoms with Crippen molar-refractivity contribution in [2.24, 2.45) is 0 Å². The van der Waals surface area contributed by atoms with Crippen LogP contribution in [0.1, 0.15) is 20.9 Å². The molecule has 0 aliphatic carbocycles. The van der Waals surface area contributed by atoms with Crippen LogP contribution < -0.4 is 5.32 Å². The number of aryl methyl sites for hydroxylation is 1. The van der Waals surface area contributed by atoms with Crippen molar-refractivity contribution in [2.75, 3.05) is 5.32 Å². The average molecular weight is 422 g/mol. The summed E-state index contributed by atoms with van der Waals surface area (Å²) in [6, 6.07) is 6.93. The van der Waals surface area contributed by atoms with E-state index in [9.17, 15) is 25.0 Å². The van der Waals surface area contributed by atoms with Gasteiger partial charge in [0, 0.05) is 11.1 Å². The van der Waals surface area contributed by atoms with Crippen LogP contribution >= 0.6 is 22.9 Å². The van der Waals surface area contributed by atoms with E-state index in [-0.39, 0.29) is 28.8 Å². The largest absolute Gasteiger partial charge is 0.390 e. The molecule has 12 heteroatoms. The van der Waals surface area contributed by atoms with Crippen LogP contribution in [0.3, 0.4) is 0 Å². The molecule has 1 amide bonds. The number of hydrogen-bond acceptors (Lipinski definition) is 7. The highest BCUT2D eigenvalue weighted by Crippen LogP contribution is 2.29. The first kappa shape index (κ1) is 19.5. The Labute approximate surface area is 166 Å². The number of rotatable bonds is 6. The molecule has 0 bridgehead atoms. The summed E-state index contributed by atoms with van der Waals surface area (Å²) in [5.74, 6) is -0.759. The average Bonchev–Trinajstić information content (AvgIpc) is 3.24. The highest BCUT2D eigenvalue weighted by Gasteiger charge is 2.19. The van der Waals surface area contributed by atoms with Crippen LogP contribution in [-0.2, 0) is 6.54 Å². The van der Waals surface area contributed by atoms with Gasteiger partial charge in [0.25, 0.3) is 11.6 Å². The predicted octanol–water partition coefficient (Wildman–Crippen LogP) is 4.02. The molecular weight excluding hydrogens is 410 g/mol. The maximum absolute atomic E-state index is 12.4. The number of nitrogens with one attached hydrogen (secondary N) is 1. The maximum atomic E-state index is 12.4. The number of thiophene rings is 1. The minimum absolute atomic E-state index is 0.0351. The number of nitro groups is 2. The molecule has 10 nitrogen and oxygen atoms in total. The van der Waals surface area contributed by atoms with E-state index in [2.05, 4.69) is 10.4 Å². The van der Waals surface area contributed by atoms with Crippen molar-refractivity contribution >= 4 is 46.0 Å². The minimum Gasteiger partial charge on any atom is -0.358 e. The van der Waals surface area contributed by atoms with Gasteiger partial charge in [-0.05, 0) is 41.0 Å². The molecule has 0 aliphatic rings. The number of benzene rings is 1. The number of nitro benzene ring substituents is 1. The van der Waals surface area contributed by atoms with Crippen molar-refractivity contribution in [2.45, 2.75) is 13.5 Å². The first-order chi connectivity index (χ1) is 13.2. The molecule has 0 atom stereocenters. The van der Waals surface area contributed by atoms with E-state index in [0.29, 0.717) is 10.6 Å². The van der Waals surface area contributed by atoms with Crippen LogP contribution in [0.2, 0.25) is 5.02 Å². The van der Waals surface area contributed by atoms with Crippen LogP contribution in [0.4, 0.5) is 17.2 Å². The fourth-order valence-corrected chi connectivity index (χ4v) is 3.40. The van der Waals surface area contributed by atoms with Crippen molar-refractivity contribution in [1.29, 1.82) is 0 Å². The molecule has 28 heavy (non-hydrogen) atoms. The minimum atomic E-state index is -0.630. The van der Waals surface area contributed by atoms with Gasteiger partial charge in [0.1, 0.15) is 5.69 Å². The van der Waals surface area contributed by atoms with Gasteiger partial charge in [-0.1, -0.05) is 11.6 Å². The second-order valence-corrected chi connectivity index (χ2v) is 7.10. The van der Waals surface area contributed by atoms with Gasteiger partial charge >= 0.3 is 5.82 Å². The summed E-state index contributed by atoms with van der Waals surface area (Å²) in [4.78, 5) is 33.5. The van der Waals surface area contributed by atoms with Crippen LogP contribution in [0.15, 0.2) is 35.7 Å². The summed E-state index contributed by atoms with van der Waals surface area (Å²) >= 11 is 6.91. The van der Waals surface area contributed by atoms with E-state index in [1.54, 1.807) is 18.4 Å². The van der Waals surface area contributed by atoms with Crippen molar-refractivity contribution < 1.29 is 14.6 Å². The second-order valence-electron chi connectivity index (χ2n) is 5.75. The standard InChI is InChI=1S/C16H12ClN5O5S/c1-9-4-15(22(26)27)19-20(9)7-10-5-14(28-8-10)16(23)18-12-3-2-11(17)6-13(12)21(24)25/h2-6,8H,7H2,1H3,(H,18,23). The molecule has 0 fully saturated rings. The van der Waals surface area contributed by atoms with Gasteiger partial charge in [0.15, 0.2) is 0 Å². The van der Waals surface area contributed by atoms with Gasteiger partial charge in [-0.2, -0.15) is 4.68 Å². The predicted molar refractivity (Wildman–Crippen MR) is 103 cm³/mol. The molecule has 0 radical (unpaired) electrons. The lowest BCUT2D eigenvalue weighted by molar-refractivity contribution is -0.389. The molecule has 0 unspecified atom stereocenters. The fourth-order valence-electron chi connectivity index (χ4n) is 2.44. The second kappa shape index (κ2) is 7.74. The topological polar surface area (TPSA) is 133 Å². The van der Waals surface area contributed by atoms with E-state index in [0.717, 1.165) is 23.0 Å². The van der Waals surface area contributed by atoms with Crippen molar-refractivity contribution in [3.63, 3.8) is 0 Å². The monoisotopic (exact) mass is 421 g/mol. The summed E-state index contributed by atoms with van der Waals surface area (Å²) < 4.78 is 1.46. The summed E-state index contributed by atoms with van der Waals surface area (Å²) in [6.45, 7) is 1.95. The summed E-state index contributed by atoms with van der Waals surface area (Å²) in [6.07, 6.45) is 0. The van der Waals surface area contributed by atoms with E-state index in [1.165, 1.54) is 22.9 Å². The first-order valence-electron chi connectivity index (χ1n) is 7.76. The number of carbonyl (C=O) groups excluding carboxylic acids is 1. The zero-order chi connectivity index (χ0) is 20.4. The molecule has 1 N–H and O–H groups in total. The lowest BCUT2D eigenvalue weighted by Crippen LogP contribution is -2.11. The molecule has 3 rings (SSSR count). The van der Waals surface area contributed by atoms with Gasteiger partial charge in [-0.3, -0.25) is 14.9 Å². The summed E-state index contributed by atoms with van der Waals surface area (Å²) in [5, 5.41) is 30.2. The normalized spacial score (nSPS) is 10.6. The highest BCUT2D eigenvalue weighted by molar-refractivity contribution is 7.12. The Hall–Kier alpha value is -3.31. The Kier molecular flexibility index (Phi) is 5.38. The quantitative estimate of drug-likeness (QED) is 0.472. The number of amides is 1. The van der Waals surface area contributed by atoms with Crippen molar-refractivity contribution in [3.05, 3.63) is 77.1 Å². The Morgan fingerprint density at radius 2 is 2.00 bits per heavy atom. The zero-order valence-corrected chi connectivity index (χ0v) is 15.9. The number of anilines is 1. The molecule has 0 aliphatic heterocycles. The van der Waals surface area contributed by atoms with E-state index in [4.69, 9.17) is 11.6 Å². The third kappa shape index (κ3) is 4.15. The third-order valence-electron chi connectivity index (χ3n) is 3.77. The van der Waals surface area contributed by atoms with Crippen LogP contribution in [0, 0.1) is 27.2 Å². The van der Waals surface area contributed by atoms with Crippen LogP contribution in [-0.4, -0.2) is 25.5 Å². The van der Waals surface area contributed by atoms with Crippen molar-refractivity contribution in [3.8, 4) is 0 Å². The van der Waals surface area contributed by atoms with Crippen molar-refractivity contribution in [1.82, 2.24) is 9.78 Å². The molecular formula is C16H12ClN5O5S. The maximum Gasteiger partial charge on any atom is 0.390 e. The number of aromatic nitrogens is 2. The van der Waals surface area contributed by atoms with Gasteiger partial charge in [-0.15, -0.1) is 11.3 Å². The summed E-state index contributed by atoms with van der Waals surface area (Å²) in [7, 11) is 0. The lowest BCUT2D eigenvalue weighted by Gasteiger charge is -2.05. The third-order valence-corrected chi connectivity index (χ3v) is 4.98. The van der Waals surface area contributed by atoms with E-state index in [1.807, 2.05) is 0 Å². The molecule has 0 saturated carbocycles. The molecule has 1 aromatic carbocycles. The van der Waals surface area contributed by atoms with E-state index < -0.39 is 15.8 Å². The number of hydrogen-bond donors (Lipinski definition) is 1. The molecule has 2 aromatic heterocycles. The first-order valence-corrected chi connectivity index (χ1v) is 9.02. The Morgan fingerprint density at radius 1 is 1.25 bits per heavy atom. The lowest BCUT2D eigenvalue weighted by atomic mass is 10.2.